The monoisotopic (exact) mass is 285 g/mol. The molecule has 102 valence electrons. The zero-order valence-electron chi connectivity index (χ0n) is 11.3. The molecule has 1 unspecified atom stereocenters. The van der Waals surface area contributed by atoms with E-state index in [4.69, 9.17) is 16.0 Å². The highest BCUT2D eigenvalue weighted by atomic mass is 35.5. The lowest BCUT2D eigenvalue weighted by Gasteiger charge is -2.15. The number of hydrogen-bond acceptors (Lipinski definition) is 2. The quantitative estimate of drug-likeness (QED) is 0.758. The molecule has 0 spiro atoms. The smallest absolute Gasteiger partial charge is 0.193 e. The van der Waals surface area contributed by atoms with Crippen LogP contribution < -0.4 is 5.32 Å². The molecular weight excluding hydrogens is 270 g/mol. The van der Waals surface area contributed by atoms with Crippen molar-refractivity contribution in [3.63, 3.8) is 0 Å². The molecule has 0 saturated heterocycles. The SMILES string of the molecule is CNC(Cc1cccc2ccccc12)c1ccc(Cl)o1. The third-order valence-corrected chi connectivity index (χ3v) is 3.79. The van der Waals surface area contributed by atoms with Crippen molar-refractivity contribution in [1.29, 1.82) is 0 Å². The van der Waals surface area contributed by atoms with E-state index in [0.717, 1.165) is 12.2 Å². The van der Waals surface area contributed by atoms with Crippen molar-refractivity contribution in [2.45, 2.75) is 12.5 Å². The van der Waals surface area contributed by atoms with Gasteiger partial charge >= 0.3 is 0 Å². The van der Waals surface area contributed by atoms with Gasteiger partial charge in [-0.05, 0) is 53.5 Å². The van der Waals surface area contributed by atoms with Gasteiger partial charge < -0.3 is 9.73 Å². The minimum absolute atomic E-state index is 0.119. The molecule has 1 heterocycles. The topological polar surface area (TPSA) is 25.2 Å². The second kappa shape index (κ2) is 5.70. The van der Waals surface area contributed by atoms with Crippen LogP contribution in [0.4, 0.5) is 0 Å². The molecule has 3 rings (SSSR count). The van der Waals surface area contributed by atoms with Crippen molar-refractivity contribution in [1.82, 2.24) is 5.32 Å². The Labute approximate surface area is 123 Å². The Bertz CT molecular complexity index is 714. The summed E-state index contributed by atoms with van der Waals surface area (Å²) < 4.78 is 5.52. The predicted octanol–water partition coefficient (Wildman–Crippen LogP) is 4.59. The fourth-order valence-corrected chi connectivity index (χ4v) is 2.70. The number of hydrogen-bond donors (Lipinski definition) is 1. The van der Waals surface area contributed by atoms with Gasteiger partial charge in [0, 0.05) is 0 Å². The molecule has 3 aromatic rings. The summed E-state index contributed by atoms with van der Waals surface area (Å²) in [5, 5.41) is 6.27. The molecule has 0 radical (unpaired) electrons. The molecule has 0 aliphatic carbocycles. The summed E-state index contributed by atoms with van der Waals surface area (Å²) in [6.45, 7) is 0. The molecule has 0 fully saturated rings. The Morgan fingerprint density at radius 1 is 1.05 bits per heavy atom. The van der Waals surface area contributed by atoms with Crippen LogP contribution in [-0.4, -0.2) is 7.05 Å². The van der Waals surface area contributed by atoms with Gasteiger partial charge in [0.15, 0.2) is 5.22 Å². The van der Waals surface area contributed by atoms with Crippen LogP contribution >= 0.6 is 11.6 Å². The van der Waals surface area contributed by atoms with Crippen molar-refractivity contribution in [3.8, 4) is 0 Å². The lowest BCUT2D eigenvalue weighted by molar-refractivity contribution is 0.431. The Kier molecular flexibility index (Phi) is 3.77. The Balaban J connectivity index is 1.95. The molecule has 0 saturated carbocycles. The first-order valence-corrected chi connectivity index (χ1v) is 7.05. The first-order chi connectivity index (χ1) is 9.78. The van der Waals surface area contributed by atoms with Crippen LogP contribution in [0, 0.1) is 0 Å². The Morgan fingerprint density at radius 3 is 2.60 bits per heavy atom. The van der Waals surface area contributed by atoms with Gasteiger partial charge in [-0.3, -0.25) is 0 Å². The molecule has 3 heteroatoms. The van der Waals surface area contributed by atoms with E-state index in [9.17, 15) is 0 Å². The first-order valence-electron chi connectivity index (χ1n) is 6.67. The van der Waals surface area contributed by atoms with E-state index >= 15 is 0 Å². The van der Waals surface area contributed by atoms with E-state index in [1.165, 1.54) is 16.3 Å². The van der Waals surface area contributed by atoms with Crippen LogP contribution in [0.2, 0.25) is 5.22 Å². The van der Waals surface area contributed by atoms with Crippen molar-refractivity contribution < 1.29 is 4.42 Å². The molecule has 0 amide bonds. The van der Waals surface area contributed by atoms with Gasteiger partial charge in [-0.25, -0.2) is 0 Å². The predicted molar refractivity (Wildman–Crippen MR) is 83.2 cm³/mol. The van der Waals surface area contributed by atoms with E-state index in [0.29, 0.717) is 5.22 Å². The van der Waals surface area contributed by atoms with E-state index in [1.54, 1.807) is 6.07 Å². The third-order valence-electron chi connectivity index (χ3n) is 3.59. The number of nitrogens with one attached hydrogen (secondary N) is 1. The number of likely N-dealkylation sites (N-methyl/N-ethyl adjacent to an activating group) is 1. The fraction of sp³-hybridized carbons (Fsp3) is 0.176. The molecule has 1 N–H and O–H groups in total. The Morgan fingerprint density at radius 2 is 1.85 bits per heavy atom. The number of fused-ring (bicyclic) bond motifs is 1. The minimum atomic E-state index is 0.119. The maximum absolute atomic E-state index is 5.87. The molecular formula is C17H16ClNO. The lowest BCUT2D eigenvalue weighted by atomic mass is 9.98. The molecule has 1 atom stereocenters. The molecule has 0 bridgehead atoms. The lowest BCUT2D eigenvalue weighted by Crippen LogP contribution is -2.18. The summed E-state index contributed by atoms with van der Waals surface area (Å²) in [5.41, 5.74) is 1.30. The van der Waals surface area contributed by atoms with Gasteiger partial charge in [0.25, 0.3) is 0 Å². The second-order valence-corrected chi connectivity index (χ2v) is 5.20. The third kappa shape index (κ3) is 2.58. The molecule has 0 aliphatic rings. The van der Waals surface area contributed by atoms with Crippen LogP contribution in [0.15, 0.2) is 59.0 Å². The van der Waals surface area contributed by atoms with Crippen LogP contribution in [-0.2, 0) is 6.42 Å². The number of benzene rings is 2. The normalized spacial score (nSPS) is 12.7. The van der Waals surface area contributed by atoms with Crippen molar-refractivity contribution >= 4 is 22.4 Å². The highest BCUT2D eigenvalue weighted by Crippen LogP contribution is 2.26. The standard InChI is InChI=1S/C17H16ClNO/c1-19-15(16-9-10-17(18)20-16)11-13-7-4-6-12-5-2-3-8-14(12)13/h2-10,15,19H,11H2,1H3. The van der Waals surface area contributed by atoms with E-state index in [1.807, 2.05) is 13.1 Å². The summed E-state index contributed by atoms with van der Waals surface area (Å²) in [4.78, 5) is 0. The first kappa shape index (κ1) is 13.2. The summed E-state index contributed by atoms with van der Waals surface area (Å²) in [6, 6.07) is 18.7. The van der Waals surface area contributed by atoms with Gasteiger partial charge in [-0.2, -0.15) is 0 Å². The second-order valence-electron chi connectivity index (χ2n) is 4.83. The largest absolute Gasteiger partial charge is 0.448 e. The maximum atomic E-state index is 5.87. The van der Waals surface area contributed by atoms with E-state index in [-0.39, 0.29) is 6.04 Å². The molecule has 1 aromatic heterocycles. The zero-order valence-corrected chi connectivity index (χ0v) is 12.0. The number of rotatable bonds is 4. The fourth-order valence-electron chi connectivity index (χ4n) is 2.55. The minimum Gasteiger partial charge on any atom is -0.448 e. The van der Waals surface area contributed by atoms with Crippen LogP contribution in [0.1, 0.15) is 17.4 Å². The summed E-state index contributed by atoms with van der Waals surface area (Å²) in [5.74, 6) is 0.866. The van der Waals surface area contributed by atoms with E-state index < -0.39 is 0 Å². The van der Waals surface area contributed by atoms with Crippen molar-refractivity contribution in [2.75, 3.05) is 7.05 Å². The van der Waals surface area contributed by atoms with Gasteiger partial charge in [-0.1, -0.05) is 42.5 Å². The molecule has 2 nitrogen and oxygen atoms in total. The number of halogens is 1. The van der Waals surface area contributed by atoms with Crippen LogP contribution in [0.25, 0.3) is 10.8 Å². The highest BCUT2D eigenvalue weighted by molar-refractivity contribution is 6.28. The molecule has 20 heavy (non-hydrogen) atoms. The highest BCUT2D eigenvalue weighted by Gasteiger charge is 2.15. The van der Waals surface area contributed by atoms with Gasteiger partial charge in [0.2, 0.25) is 0 Å². The summed E-state index contributed by atoms with van der Waals surface area (Å²) >= 11 is 5.87. The average Bonchev–Trinajstić information content (AvgIpc) is 2.91. The molecule has 0 aliphatic heterocycles. The number of furan rings is 1. The van der Waals surface area contributed by atoms with Crippen LogP contribution in [0.5, 0.6) is 0 Å². The van der Waals surface area contributed by atoms with E-state index in [2.05, 4.69) is 47.8 Å². The van der Waals surface area contributed by atoms with Crippen molar-refractivity contribution in [3.05, 3.63) is 71.1 Å². The van der Waals surface area contributed by atoms with Gasteiger partial charge in [0.05, 0.1) is 6.04 Å². The summed E-state index contributed by atoms with van der Waals surface area (Å²) in [6.07, 6.45) is 0.863. The van der Waals surface area contributed by atoms with Crippen LogP contribution in [0.3, 0.4) is 0 Å². The van der Waals surface area contributed by atoms with Crippen molar-refractivity contribution in [2.24, 2.45) is 0 Å². The Hall–Kier alpha value is -1.77. The molecule has 2 aromatic carbocycles. The zero-order chi connectivity index (χ0) is 13.9. The average molecular weight is 286 g/mol. The van der Waals surface area contributed by atoms with Gasteiger partial charge in [0.1, 0.15) is 5.76 Å². The maximum Gasteiger partial charge on any atom is 0.193 e. The van der Waals surface area contributed by atoms with Gasteiger partial charge in [-0.15, -0.1) is 0 Å². The summed E-state index contributed by atoms with van der Waals surface area (Å²) in [7, 11) is 1.94.